The molecule has 0 aromatic heterocycles. The average Bonchev–Trinajstić information content (AvgIpc) is 2.70. The van der Waals surface area contributed by atoms with Crippen molar-refractivity contribution in [3.63, 3.8) is 0 Å². The van der Waals surface area contributed by atoms with Crippen molar-refractivity contribution in [1.82, 2.24) is 5.43 Å². The first-order valence-corrected chi connectivity index (χ1v) is 9.73. The smallest absolute Gasteiger partial charge is 0.279 e. The van der Waals surface area contributed by atoms with Crippen LogP contribution in [0.25, 0.3) is 0 Å². The molecule has 3 N–H and O–H groups in total. The Kier molecular flexibility index (Phi) is 5.76. The van der Waals surface area contributed by atoms with E-state index >= 15 is 0 Å². The van der Waals surface area contributed by atoms with Gasteiger partial charge in [0.05, 0.1) is 5.69 Å². The molecule has 4 heteroatoms. The lowest BCUT2D eigenvalue weighted by Gasteiger charge is -2.29. The van der Waals surface area contributed by atoms with E-state index in [1.165, 1.54) is 0 Å². The van der Waals surface area contributed by atoms with Crippen LogP contribution in [-0.2, 0) is 10.4 Å². The van der Waals surface area contributed by atoms with Crippen molar-refractivity contribution in [1.29, 1.82) is 0 Å². The largest absolute Gasteiger partial charge is 0.372 e. The van der Waals surface area contributed by atoms with Crippen LogP contribution in [0.2, 0.25) is 0 Å². The van der Waals surface area contributed by atoms with Crippen LogP contribution in [-0.4, -0.2) is 11.0 Å². The molecule has 3 aromatic rings. The molecule has 29 heavy (non-hydrogen) atoms. The minimum atomic E-state index is -1.82. The number of benzene rings is 3. The van der Waals surface area contributed by atoms with Crippen LogP contribution in [0.5, 0.6) is 0 Å². The van der Waals surface area contributed by atoms with E-state index in [0.717, 1.165) is 33.5 Å². The number of nitrogens with one attached hydrogen (secondary N) is 2. The standard InChI is InChI=1S/C25H28N2O2/c1-16-6-12-23(13-7-16)26-27-24(28)25(29,21-10-8-17(2)19(4)14-21)22-11-9-18(3)20(5)15-22/h6-15,26,29H,1-5H3,(H,27,28). The lowest BCUT2D eigenvalue weighted by Crippen LogP contribution is -2.47. The van der Waals surface area contributed by atoms with Crippen LogP contribution in [0.1, 0.15) is 38.9 Å². The van der Waals surface area contributed by atoms with E-state index < -0.39 is 11.5 Å². The summed E-state index contributed by atoms with van der Waals surface area (Å²) in [6.45, 7) is 9.96. The molecule has 3 aromatic carbocycles. The van der Waals surface area contributed by atoms with Crippen molar-refractivity contribution >= 4 is 11.6 Å². The number of hydrazine groups is 1. The normalized spacial score (nSPS) is 11.2. The number of anilines is 1. The topological polar surface area (TPSA) is 61.4 Å². The van der Waals surface area contributed by atoms with Crippen LogP contribution < -0.4 is 10.9 Å². The molecule has 3 rings (SSSR count). The van der Waals surface area contributed by atoms with E-state index in [2.05, 4.69) is 10.9 Å². The zero-order valence-electron chi connectivity index (χ0n) is 17.6. The number of hydrogen-bond acceptors (Lipinski definition) is 3. The summed E-state index contributed by atoms with van der Waals surface area (Å²) < 4.78 is 0. The molecule has 0 heterocycles. The number of hydrogen-bond donors (Lipinski definition) is 3. The minimum absolute atomic E-state index is 0.534. The maximum Gasteiger partial charge on any atom is 0.279 e. The molecule has 0 saturated carbocycles. The molecule has 0 aliphatic heterocycles. The molecular weight excluding hydrogens is 360 g/mol. The van der Waals surface area contributed by atoms with Crippen molar-refractivity contribution in [2.24, 2.45) is 0 Å². The van der Waals surface area contributed by atoms with Crippen molar-refractivity contribution in [2.45, 2.75) is 40.2 Å². The summed E-state index contributed by atoms with van der Waals surface area (Å²) in [4.78, 5) is 13.3. The monoisotopic (exact) mass is 388 g/mol. The molecule has 0 unspecified atom stereocenters. The number of rotatable bonds is 5. The zero-order chi connectivity index (χ0) is 21.2. The van der Waals surface area contributed by atoms with Crippen molar-refractivity contribution < 1.29 is 9.90 Å². The van der Waals surface area contributed by atoms with Crippen LogP contribution >= 0.6 is 0 Å². The molecule has 1 amide bonds. The van der Waals surface area contributed by atoms with Crippen molar-refractivity contribution in [3.8, 4) is 0 Å². The second-order valence-corrected chi connectivity index (χ2v) is 7.75. The van der Waals surface area contributed by atoms with Gasteiger partial charge in [-0.2, -0.15) is 0 Å². The van der Waals surface area contributed by atoms with Gasteiger partial charge in [-0.15, -0.1) is 0 Å². The van der Waals surface area contributed by atoms with Crippen LogP contribution in [0.15, 0.2) is 60.7 Å². The summed E-state index contributed by atoms with van der Waals surface area (Å²) in [7, 11) is 0. The highest BCUT2D eigenvalue weighted by Gasteiger charge is 2.40. The third kappa shape index (κ3) is 4.17. The van der Waals surface area contributed by atoms with Crippen LogP contribution in [0.4, 0.5) is 5.69 Å². The zero-order valence-corrected chi connectivity index (χ0v) is 17.6. The van der Waals surface area contributed by atoms with Gasteiger partial charge in [0.15, 0.2) is 5.60 Å². The van der Waals surface area contributed by atoms with Crippen molar-refractivity contribution in [2.75, 3.05) is 5.43 Å². The first kappa shape index (κ1) is 20.6. The molecule has 0 spiro atoms. The van der Waals surface area contributed by atoms with Gasteiger partial charge in [-0.25, -0.2) is 0 Å². The van der Waals surface area contributed by atoms with E-state index in [9.17, 15) is 9.90 Å². The van der Waals surface area contributed by atoms with Gasteiger partial charge in [0.1, 0.15) is 0 Å². The molecule has 0 atom stereocenters. The molecule has 0 saturated heterocycles. The Balaban J connectivity index is 2.01. The fourth-order valence-corrected chi connectivity index (χ4v) is 3.22. The van der Waals surface area contributed by atoms with Gasteiger partial charge in [-0.05, 0) is 80.1 Å². The van der Waals surface area contributed by atoms with E-state index in [-0.39, 0.29) is 0 Å². The summed E-state index contributed by atoms with van der Waals surface area (Å²) >= 11 is 0. The van der Waals surface area contributed by atoms with Gasteiger partial charge in [-0.1, -0.05) is 54.1 Å². The molecule has 4 nitrogen and oxygen atoms in total. The SMILES string of the molecule is Cc1ccc(NNC(=O)C(O)(c2ccc(C)c(C)c2)c2ccc(C)c(C)c2)cc1. The highest BCUT2D eigenvalue weighted by atomic mass is 16.3. The Hall–Kier alpha value is -3.11. The fourth-order valence-electron chi connectivity index (χ4n) is 3.22. The summed E-state index contributed by atoms with van der Waals surface area (Å²) in [5.74, 6) is -0.537. The quantitative estimate of drug-likeness (QED) is 0.560. The molecule has 150 valence electrons. The Bertz CT molecular complexity index is 988. The predicted octanol–water partition coefficient (Wildman–Crippen LogP) is 4.61. The molecule has 0 radical (unpaired) electrons. The summed E-state index contributed by atoms with van der Waals surface area (Å²) in [5, 5.41) is 11.7. The first-order chi connectivity index (χ1) is 13.7. The lowest BCUT2D eigenvalue weighted by molar-refractivity contribution is -0.136. The highest BCUT2D eigenvalue weighted by Crippen LogP contribution is 2.32. The molecule has 0 fully saturated rings. The van der Waals surface area contributed by atoms with Crippen molar-refractivity contribution in [3.05, 3.63) is 99.6 Å². The second kappa shape index (κ2) is 8.10. The molecule has 0 aliphatic rings. The van der Waals surface area contributed by atoms with Gasteiger partial charge < -0.3 is 5.11 Å². The van der Waals surface area contributed by atoms with E-state index in [4.69, 9.17) is 0 Å². The van der Waals surface area contributed by atoms with Gasteiger partial charge >= 0.3 is 0 Å². The number of carbonyl (C=O) groups excluding carboxylic acids is 1. The average molecular weight is 389 g/mol. The molecular formula is C25H28N2O2. The number of amides is 1. The van der Waals surface area contributed by atoms with Gasteiger partial charge in [0, 0.05) is 0 Å². The van der Waals surface area contributed by atoms with Gasteiger partial charge in [0.25, 0.3) is 5.91 Å². The summed E-state index contributed by atoms with van der Waals surface area (Å²) in [6, 6.07) is 18.9. The Labute approximate surface area is 172 Å². The van der Waals surface area contributed by atoms with Crippen LogP contribution in [0, 0.1) is 34.6 Å². The molecule has 0 aliphatic carbocycles. The highest BCUT2D eigenvalue weighted by molar-refractivity contribution is 5.91. The summed E-state index contributed by atoms with van der Waals surface area (Å²) in [5.41, 5.74) is 11.0. The second-order valence-electron chi connectivity index (χ2n) is 7.75. The fraction of sp³-hybridized carbons (Fsp3) is 0.240. The Morgan fingerprint density at radius 1 is 0.724 bits per heavy atom. The summed E-state index contributed by atoms with van der Waals surface area (Å²) in [6.07, 6.45) is 0. The van der Waals surface area contributed by atoms with Gasteiger partial charge in [-0.3, -0.25) is 15.6 Å². The number of carbonyl (C=O) groups is 1. The molecule has 0 bridgehead atoms. The maximum atomic E-state index is 13.3. The lowest BCUT2D eigenvalue weighted by atomic mass is 9.83. The van der Waals surface area contributed by atoms with Crippen LogP contribution in [0.3, 0.4) is 0 Å². The van der Waals surface area contributed by atoms with Gasteiger partial charge in [0.2, 0.25) is 0 Å². The predicted molar refractivity (Wildman–Crippen MR) is 118 cm³/mol. The number of aryl methyl sites for hydroxylation is 5. The van der Waals surface area contributed by atoms with E-state index in [1.807, 2.05) is 95.3 Å². The Morgan fingerprint density at radius 2 is 1.21 bits per heavy atom. The third-order valence-electron chi connectivity index (χ3n) is 5.55. The van der Waals surface area contributed by atoms with E-state index in [0.29, 0.717) is 11.1 Å². The minimum Gasteiger partial charge on any atom is -0.372 e. The maximum absolute atomic E-state index is 13.3. The first-order valence-electron chi connectivity index (χ1n) is 9.73. The third-order valence-corrected chi connectivity index (χ3v) is 5.55. The Morgan fingerprint density at radius 3 is 1.66 bits per heavy atom. The van der Waals surface area contributed by atoms with E-state index in [1.54, 1.807) is 0 Å². The number of aliphatic hydroxyl groups is 1.